The Morgan fingerprint density at radius 3 is 2.44 bits per heavy atom. The topological polar surface area (TPSA) is 32.3 Å². The van der Waals surface area contributed by atoms with Gasteiger partial charge >= 0.3 is 0 Å². The van der Waals surface area contributed by atoms with Crippen molar-refractivity contribution in [3.63, 3.8) is 0 Å². The van der Waals surface area contributed by atoms with E-state index >= 15 is 0 Å². The Kier molecular flexibility index (Phi) is 5.19. The highest BCUT2D eigenvalue weighted by atomic mass is 19.1. The number of nitrogens with one attached hydrogen (secondary N) is 1. The zero-order chi connectivity index (χ0) is 17.9. The van der Waals surface area contributed by atoms with E-state index in [1.807, 2.05) is 18.2 Å². The fourth-order valence-electron chi connectivity index (χ4n) is 3.66. The number of hydrogen-bond acceptors (Lipinski definition) is 2. The normalized spacial score (nSPS) is 17.2. The number of carbonyl (C=O) groups excluding carboxylic acids is 1. The van der Waals surface area contributed by atoms with E-state index < -0.39 is 5.82 Å². The standard InChI is InChI=1S/C21H25FN2O/c1-16-7-6-10-18(22)19(16)20(25)23-15-21(11-13-24(2)14-12-21)17-8-4-3-5-9-17/h3-10H,11-15H2,1-2H3,(H,23,25). The molecule has 132 valence electrons. The van der Waals surface area contributed by atoms with Crippen LogP contribution < -0.4 is 5.32 Å². The molecule has 1 N–H and O–H groups in total. The van der Waals surface area contributed by atoms with Gasteiger partial charge in [0.15, 0.2) is 0 Å². The van der Waals surface area contributed by atoms with Gasteiger partial charge in [0.25, 0.3) is 5.91 Å². The van der Waals surface area contributed by atoms with Crippen LogP contribution in [0.3, 0.4) is 0 Å². The van der Waals surface area contributed by atoms with Crippen LogP contribution >= 0.6 is 0 Å². The lowest BCUT2D eigenvalue weighted by molar-refractivity contribution is 0.0923. The summed E-state index contributed by atoms with van der Waals surface area (Å²) in [6, 6.07) is 15.1. The molecule has 2 aromatic carbocycles. The van der Waals surface area contributed by atoms with Crippen molar-refractivity contribution in [3.8, 4) is 0 Å². The van der Waals surface area contributed by atoms with Gasteiger partial charge in [-0.05, 0) is 57.1 Å². The van der Waals surface area contributed by atoms with E-state index in [2.05, 4.69) is 29.4 Å². The maximum absolute atomic E-state index is 14.1. The van der Waals surface area contributed by atoms with E-state index in [1.54, 1.807) is 19.1 Å². The van der Waals surface area contributed by atoms with Gasteiger partial charge in [0.2, 0.25) is 0 Å². The minimum absolute atomic E-state index is 0.0947. The maximum Gasteiger partial charge on any atom is 0.254 e. The fraction of sp³-hybridized carbons (Fsp3) is 0.381. The number of aryl methyl sites for hydroxylation is 1. The second-order valence-corrected chi connectivity index (χ2v) is 7.06. The van der Waals surface area contributed by atoms with Crippen molar-refractivity contribution in [3.05, 3.63) is 71.0 Å². The average molecular weight is 340 g/mol. The van der Waals surface area contributed by atoms with Crippen LogP contribution in [0.4, 0.5) is 4.39 Å². The molecule has 0 atom stereocenters. The molecule has 4 heteroatoms. The first-order valence-electron chi connectivity index (χ1n) is 8.79. The lowest BCUT2D eigenvalue weighted by Gasteiger charge is -2.41. The summed E-state index contributed by atoms with van der Waals surface area (Å²) in [5, 5.41) is 3.01. The zero-order valence-electron chi connectivity index (χ0n) is 14.9. The molecule has 1 fully saturated rings. The highest BCUT2D eigenvalue weighted by Gasteiger charge is 2.36. The minimum Gasteiger partial charge on any atom is -0.351 e. The molecule has 0 unspecified atom stereocenters. The second-order valence-electron chi connectivity index (χ2n) is 7.06. The summed E-state index contributed by atoms with van der Waals surface area (Å²) in [7, 11) is 2.12. The molecular formula is C21H25FN2O. The van der Waals surface area contributed by atoms with Gasteiger partial charge in [0.1, 0.15) is 5.82 Å². The molecule has 0 saturated carbocycles. The number of amides is 1. The number of carbonyl (C=O) groups is 1. The van der Waals surface area contributed by atoms with Gasteiger partial charge in [0.05, 0.1) is 5.56 Å². The van der Waals surface area contributed by atoms with Crippen LogP contribution in [0.5, 0.6) is 0 Å². The molecule has 2 aromatic rings. The van der Waals surface area contributed by atoms with Gasteiger partial charge in [-0.1, -0.05) is 42.5 Å². The summed E-state index contributed by atoms with van der Waals surface area (Å²) >= 11 is 0. The summed E-state index contributed by atoms with van der Waals surface area (Å²) < 4.78 is 14.1. The Bertz CT molecular complexity index is 717. The summed E-state index contributed by atoms with van der Waals surface area (Å²) in [5.74, 6) is -0.792. The van der Waals surface area contributed by atoms with E-state index in [4.69, 9.17) is 0 Å². The smallest absolute Gasteiger partial charge is 0.254 e. The van der Waals surface area contributed by atoms with Gasteiger partial charge in [0, 0.05) is 12.0 Å². The summed E-state index contributed by atoms with van der Waals surface area (Å²) in [5.41, 5.74) is 1.96. The first-order chi connectivity index (χ1) is 12.0. The zero-order valence-corrected chi connectivity index (χ0v) is 14.9. The molecule has 3 nitrogen and oxygen atoms in total. The minimum atomic E-state index is -0.463. The van der Waals surface area contributed by atoms with Gasteiger partial charge in [-0.25, -0.2) is 4.39 Å². The first kappa shape index (κ1) is 17.6. The third kappa shape index (κ3) is 3.74. The molecule has 1 aliphatic rings. The lowest BCUT2D eigenvalue weighted by Crippen LogP contribution is -2.48. The van der Waals surface area contributed by atoms with E-state index in [0.29, 0.717) is 12.1 Å². The van der Waals surface area contributed by atoms with Crippen molar-refractivity contribution >= 4 is 5.91 Å². The van der Waals surface area contributed by atoms with Crippen LogP contribution in [-0.4, -0.2) is 37.5 Å². The Labute approximate surface area is 148 Å². The maximum atomic E-state index is 14.1. The molecule has 0 spiro atoms. The fourth-order valence-corrected chi connectivity index (χ4v) is 3.66. The molecule has 3 rings (SSSR count). The average Bonchev–Trinajstić information content (AvgIpc) is 2.62. The molecule has 1 heterocycles. The van der Waals surface area contributed by atoms with Gasteiger partial charge in [-0.2, -0.15) is 0 Å². The van der Waals surface area contributed by atoms with E-state index in [9.17, 15) is 9.18 Å². The first-order valence-corrected chi connectivity index (χ1v) is 8.79. The lowest BCUT2D eigenvalue weighted by atomic mass is 9.72. The third-order valence-electron chi connectivity index (χ3n) is 5.37. The number of nitrogens with zero attached hydrogens (tertiary/aromatic N) is 1. The van der Waals surface area contributed by atoms with E-state index in [0.717, 1.165) is 25.9 Å². The highest BCUT2D eigenvalue weighted by molar-refractivity contribution is 5.95. The van der Waals surface area contributed by atoms with Crippen molar-refractivity contribution in [1.82, 2.24) is 10.2 Å². The SMILES string of the molecule is Cc1cccc(F)c1C(=O)NCC1(c2ccccc2)CCN(C)CC1. The predicted octanol–water partition coefficient (Wildman–Crippen LogP) is 3.53. The van der Waals surface area contributed by atoms with Gasteiger partial charge < -0.3 is 10.2 Å². The number of halogens is 1. The van der Waals surface area contributed by atoms with Crippen LogP contribution in [0.25, 0.3) is 0 Å². The molecule has 0 bridgehead atoms. The summed E-state index contributed by atoms with van der Waals surface area (Å²) in [4.78, 5) is 14.9. The molecular weight excluding hydrogens is 315 g/mol. The Hall–Kier alpha value is -2.20. The van der Waals surface area contributed by atoms with Crippen LogP contribution in [0.1, 0.15) is 34.3 Å². The van der Waals surface area contributed by atoms with Crippen LogP contribution in [0.2, 0.25) is 0 Å². The largest absolute Gasteiger partial charge is 0.351 e. The molecule has 0 aromatic heterocycles. The van der Waals surface area contributed by atoms with Gasteiger partial charge in [-0.3, -0.25) is 4.79 Å². The Morgan fingerprint density at radius 2 is 1.80 bits per heavy atom. The number of rotatable bonds is 4. The van der Waals surface area contributed by atoms with Crippen molar-refractivity contribution in [2.45, 2.75) is 25.2 Å². The predicted molar refractivity (Wildman–Crippen MR) is 98.3 cm³/mol. The van der Waals surface area contributed by atoms with Crippen molar-refractivity contribution in [1.29, 1.82) is 0 Å². The summed E-state index contributed by atoms with van der Waals surface area (Å²) in [6.45, 7) is 4.27. The second kappa shape index (κ2) is 7.36. The molecule has 0 aliphatic carbocycles. The Morgan fingerprint density at radius 1 is 1.12 bits per heavy atom. The van der Waals surface area contributed by atoms with E-state index in [-0.39, 0.29) is 16.9 Å². The van der Waals surface area contributed by atoms with Crippen molar-refractivity contribution < 1.29 is 9.18 Å². The summed E-state index contributed by atoms with van der Waals surface area (Å²) in [6.07, 6.45) is 1.95. The quantitative estimate of drug-likeness (QED) is 0.923. The molecule has 1 aliphatic heterocycles. The number of piperidine rings is 1. The van der Waals surface area contributed by atoms with E-state index in [1.165, 1.54) is 11.6 Å². The molecule has 1 saturated heterocycles. The monoisotopic (exact) mass is 340 g/mol. The number of benzene rings is 2. The van der Waals surface area contributed by atoms with Crippen LogP contribution in [0, 0.1) is 12.7 Å². The van der Waals surface area contributed by atoms with Crippen LogP contribution in [0.15, 0.2) is 48.5 Å². The van der Waals surface area contributed by atoms with Gasteiger partial charge in [-0.15, -0.1) is 0 Å². The number of hydrogen-bond donors (Lipinski definition) is 1. The molecule has 0 radical (unpaired) electrons. The van der Waals surface area contributed by atoms with Crippen molar-refractivity contribution in [2.75, 3.05) is 26.7 Å². The van der Waals surface area contributed by atoms with Crippen molar-refractivity contribution in [2.24, 2.45) is 0 Å². The van der Waals surface area contributed by atoms with Crippen LogP contribution in [-0.2, 0) is 5.41 Å². The number of likely N-dealkylation sites (tertiary alicyclic amines) is 1. The molecule has 1 amide bonds. The third-order valence-corrected chi connectivity index (χ3v) is 5.37. The Balaban J connectivity index is 1.81. The highest BCUT2D eigenvalue weighted by Crippen LogP contribution is 2.34. The molecule has 25 heavy (non-hydrogen) atoms.